The van der Waals surface area contributed by atoms with Gasteiger partial charge in [0.2, 0.25) is 0 Å². The second-order valence-corrected chi connectivity index (χ2v) is 6.86. The number of aromatic nitrogens is 3. The zero-order valence-electron chi connectivity index (χ0n) is 11.6. The maximum Gasteiger partial charge on any atom is 0.360 e. The summed E-state index contributed by atoms with van der Waals surface area (Å²) >= 11 is 0. The number of sulfone groups is 1. The minimum Gasteiger partial charge on any atom is -0.469 e. The van der Waals surface area contributed by atoms with Crippen LogP contribution in [0.5, 0.6) is 0 Å². The Balaban J connectivity index is 2.39. The van der Waals surface area contributed by atoms with Gasteiger partial charge in [0, 0.05) is 0 Å². The molecule has 1 atom stereocenters. The molecule has 0 spiro atoms. The van der Waals surface area contributed by atoms with E-state index in [9.17, 15) is 18.0 Å². The molecule has 0 amide bonds. The Hall–Kier alpha value is -1.97. The van der Waals surface area contributed by atoms with Crippen molar-refractivity contribution >= 4 is 21.8 Å². The Labute approximate surface area is 121 Å². The smallest absolute Gasteiger partial charge is 0.360 e. The number of hydrogen-bond acceptors (Lipinski definition) is 8. The van der Waals surface area contributed by atoms with Crippen LogP contribution >= 0.6 is 0 Å². The van der Waals surface area contributed by atoms with Crippen molar-refractivity contribution in [2.75, 3.05) is 25.7 Å². The van der Waals surface area contributed by atoms with Crippen molar-refractivity contribution in [1.82, 2.24) is 15.0 Å². The van der Waals surface area contributed by atoms with Gasteiger partial charge in [-0.05, 0) is 6.42 Å². The summed E-state index contributed by atoms with van der Waals surface area (Å²) in [6.07, 6.45) is 0.130. The highest BCUT2D eigenvalue weighted by Crippen LogP contribution is 2.25. The monoisotopic (exact) mass is 317 g/mol. The summed E-state index contributed by atoms with van der Waals surface area (Å²) in [5.41, 5.74) is 0.1000. The lowest BCUT2D eigenvalue weighted by Crippen LogP contribution is -2.19. The number of carbonyl (C=O) groups is 2. The van der Waals surface area contributed by atoms with Crippen LogP contribution in [-0.2, 0) is 30.5 Å². The molecule has 0 aliphatic carbocycles. The van der Waals surface area contributed by atoms with Crippen LogP contribution in [0.3, 0.4) is 0 Å². The van der Waals surface area contributed by atoms with E-state index >= 15 is 0 Å². The highest BCUT2D eigenvalue weighted by molar-refractivity contribution is 7.91. The molecule has 10 heteroatoms. The van der Waals surface area contributed by atoms with Crippen LogP contribution in [0.25, 0.3) is 0 Å². The molecule has 2 heterocycles. The van der Waals surface area contributed by atoms with E-state index in [0.29, 0.717) is 6.42 Å². The van der Waals surface area contributed by atoms with E-state index in [1.807, 2.05) is 0 Å². The van der Waals surface area contributed by atoms with E-state index in [1.54, 1.807) is 0 Å². The molecule has 21 heavy (non-hydrogen) atoms. The van der Waals surface area contributed by atoms with Crippen molar-refractivity contribution in [1.29, 1.82) is 0 Å². The third-order valence-corrected chi connectivity index (χ3v) is 5.01. The zero-order valence-corrected chi connectivity index (χ0v) is 12.4. The Morgan fingerprint density at radius 3 is 2.57 bits per heavy atom. The lowest BCUT2D eigenvalue weighted by Gasteiger charge is -2.11. The molecule has 116 valence electrons. The van der Waals surface area contributed by atoms with Gasteiger partial charge in [0.1, 0.15) is 0 Å². The van der Waals surface area contributed by atoms with Crippen molar-refractivity contribution in [3.05, 3.63) is 11.4 Å². The molecular weight excluding hydrogens is 302 g/mol. The van der Waals surface area contributed by atoms with Gasteiger partial charge in [0.05, 0.1) is 43.9 Å². The summed E-state index contributed by atoms with van der Waals surface area (Å²) < 4.78 is 33.6. The van der Waals surface area contributed by atoms with Crippen LogP contribution < -0.4 is 0 Å². The highest BCUT2D eigenvalue weighted by atomic mass is 32.2. The number of nitrogens with zero attached hydrogens (tertiary/aromatic N) is 3. The Bertz CT molecular complexity index is 665. The van der Waals surface area contributed by atoms with Crippen LogP contribution in [0, 0.1) is 0 Å². The number of ether oxygens (including phenoxy) is 2. The van der Waals surface area contributed by atoms with Gasteiger partial charge >= 0.3 is 11.9 Å². The van der Waals surface area contributed by atoms with Gasteiger partial charge in [-0.2, -0.15) is 0 Å². The number of carbonyl (C=O) groups excluding carboxylic acids is 2. The van der Waals surface area contributed by atoms with E-state index in [1.165, 1.54) is 18.9 Å². The second kappa shape index (κ2) is 5.80. The average molecular weight is 317 g/mol. The number of methoxy groups -OCH3 is 2. The van der Waals surface area contributed by atoms with E-state index in [0.717, 1.165) is 0 Å². The standard InChI is InChI=1S/C11H15N3O6S/c1-19-9(15)5-8-10(11(16)20-2)12-13-14(8)7-3-4-21(17,18)6-7/h7H,3-6H2,1-2H3. The van der Waals surface area contributed by atoms with Crippen molar-refractivity contribution in [2.45, 2.75) is 18.9 Å². The van der Waals surface area contributed by atoms with E-state index < -0.39 is 27.8 Å². The Kier molecular flexibility index (Phi) is 4.26. The SMILES string of the molecule is COC(=O)Cc1c(C(=O)OC)nnn1C1CCS(=O)(=O)C1. The summed E-state index contributed by atoms with van der Waals surface area (Å²) in [7, 11) is -0.732. The Morgan fingerprint density at radius 1 is 1.33 bits per heavy atom. The summed E-state index contributed by atoms with van der Waals surface area (Å²) in [5, 5.41) is 7.52. The normalized spacial score (nSPS) is 20.2. The third-order valence-electron chi connectivity index (χ3n) is 3.26. The Morgan fingerprint density at radius 2 is 2.05 bits per heavy atom. The van der Waals surface area contributed by atoms with Gasteiger partial charge in [-0.25, -0.2) is 17.9 Å². The average Bonchev–Trinajstić information content (AvgIpc) is 3.01. The molecule has 1 aliphatic heterocycles. The molecule has 9 nitrogen and oxygen atoms in total. The minimum absolute atomic E-state index is 0.0444. The van der Waals surface area contributed by atoms with Crippen LogP contribution in [0.4, 0.5) is 0 Å². The quantitative estimate of drug-likeness (QED) is 0.658. The van der Waals surface area contributed by atoms with Crippen LogP contribution in [0.2, 0.25) is 0 Å². The second-order valence-electron chi connectivity index (χ2n) is 4.63. The van der Waals surface area contributed by atoms with Crippen molar-refractivity contribution in [3.63, 3.8) is 0 Å². The first kappa shape index (κ1) is 15.4. The first-order valence-corrected chi connectivity index (χ1v) is 7.99. The van der Waals surface area contributed by atoms with E-state index in [2.05, 4.69) is 19.8 Å². The molecule has 1 aliphatic rings. The van der Waals surface area contributed by atoms with Gasteiger partial charge < -0.3 is 9.47 Å². The van der Waals surface area contributed by atoms with E-state index in [-0.39, 0.29) is 29.3 Å². The predicted molar refractivity (Wildman–Crippen MR) is 69.4 cm³/mol. The summed E-state index contributed by atoms with van der Waals surface area (Å²) in [6, 6.07) is -0.444. The lowest BCUT2D eigenvalue weighted by atomic mass is 10.2. The molecule has 1 unspecified atom stereocenters. The first-order valence-electron chi connectivity index (χ1n) is 6.17. The molecule has 1 saturated heterocycles. The van der Waals surface area contributed by atoms with Crippen LogP contribution in [0.15, 0.2) is 0 Å². The largest absolute Gasteiger partial charge is 0.469 e. The van der Waals surface area contributed by atoms with Crippen molar-refractivity contribution < 1.29 is 27.5 Å². The van der Waals surface area contributed by atoms with Crippen LogP contribution in [-0.4, -0.2) is 61.1 Å². The van der Waals surface area contributed by atoms with Gasteiger partial charge in [0.15, 0.2) is 15.5 Å². The fraction of sp³-hybridized carbons (Fsp3) is 0.636. The molecule has 0 saturated carbocycles. The van der Waals surface area contributed by atoms with Gasteiger partial charge in [0.25, 0.3) is 0 Å². The molecule has 0 bridgehead atoms. The topological polar surface area (TPSA) is 117 Å². The van der Waals surface area contributed by atoms with Crippen molar-refractivity contribution in [2.24, 2.45) is 0 Å². The number of esters is 2. The number of rotatable bonds is 4. The number of hydrogen-bond donors (Lipinski definition) is 0. The summed E-state index contributed by atoms with van der Waals surface area (Å²) in [4.78, 5) is 23.1. The summed E-state index contributed by atoms with van der Waals surface area (Å²) in [5.74, 6) is -1.36. The van der Waals surface area contributed by atoms with Crippen molar-refractivity contribution in [3.8, 4) is 0 Å². The fourth-order valence-corrected chi connectivity index (χ4v) is 3.90. The van der Waals surface area contributed by atoms with Gasteiger partial charge in [-0.1, -0.05) is 5.21 Å². The minimum atomic E-state index is -3.13. The molecule has 1 aromatic rings. The van der Waals surface area contributed by atoms with Crippen LogP contribution in [0.1, 0.15) is 28.6 Å². The molecule has 0 radical (unpaired) electrons. The molecule has 0 N–H and O–H groups in total. The van der Waals surface area contributed by atoms with Gasteiger partial charge in [-0.15, -0.1) is 5.10 Å². The fourth-order valence-electron chi connectivity index (χ4n) is 2.20. The molecule has 1 fully saturated rings. The van der Waals surface area contributed by atoms with Gasteiger partial charge in [-0.3, -0.25) is 4.79 Å². The lowest BCUT2D eigenvalue weighted by molar-refractivity contribution is -0.139. The maximum atomic E-state index is 11.7. The molecule has 0 aromatic carbocycles. The maximum absolute atomic E-state index is 11.7. The highest BCUT2D eigenvalue weighted by Gasteiger charge is 2.34. The molecule has 2 rings (SSSR count). The van der Waals surface area contributed by atoms with E-state index in [4.69, 9.17) is 0 Å². The zero-order chi connectivity index (χ0) is 15.6. The molecular formula is C11H15N3O6S. The third kappa shape index (κ3) is 3.20. The molecule has 1 aromatic heterocycles. The predicted octanol–water partition coefficient (Wildman–Crippen LogP) is -0.860. The first-order chi connectivity index (χ1) is 9.88. The summed E-state index contributed by atoms with van der Waals surface area (Å²) in [6.45, 7) is 0.